The van der Waals surface area contributed by atoms with Crippen LogP contribution in [-0.2, 0) is 0 Å². The van der Waals surface area contributed by atoms with E-state index in [0.29, 0.717) is 5.82 Å². The van der Waals surface area contributed by atoms with E-state index in [1.807, 2.05) is 54.6 Å². The summed E-state index contributed by atoms with van der Waals surface area (Å²) < 4.78 is 0. The monoisotopic (exact) mass is 279 g/mol. The summed E-state index contributed by atoms with van der Waals surface area (Å²) >= 11 is 0. The second kappa shape index (κ2) is 5.85. The quantitative estimate of drug-likeness (QED) is 0.797. The second-order valence-corrected chi connectivity index (χ2v) is 4.84. The highest BCUT2D eigenvalue weighted by molar-refractivity contribution is 5.53. The zero-order chi connectivity index (χ0) is 14.7. The van der Waals surface area contributed by atoms with Gasteiger partial charge in [0.15, 0.2) is 0 Å². The van der Waals surface area contributed by atoms with Gasteiger partial charge in [-0.25, -0.2) is 0 Å². The number of aromatic nitrogens is 4. The third-order valence-corrected chi connectivity index (χ3v) is 3.44. The molecule has 0 aliphatic heterocycles. The fraction of sp³-hybridized carbons (Fsp3) is 0.188. The van der Waals surface area contributed by atoms with E-state index in [4.69, 9.17) is 5.73 Å². The Kier molecular flexibility index (Phi) is 3.75. The Morgan fingerprint density at radius 3 is 2.52 bits per heavy atom. The van der Waals surface area contributed by atoms with Crippen molar-refractivity contribution in [3.63, 3.8) is 0 Å². The van der Waals surface area contributed by atoms with Gasteiger partial charge < -0.3 is 5.73 Å². The molecule has 106 valence electrons. The van der Waals surface area contributed by atoms with Gasteiger partial charge in [0.1, 0.15) is 0 Å². The first-order valence-electron chi connectivity index (χ1n) is 7.00. The lowest BCUT2D eigenvalue weighted by atomic mass is 10.0. The van der Waals surface area contributed by atoms with E-state index < -0.39 is 0 Å². The molecule has 0 saturated heterocycles. The van der Waals surface area contributed by atoms with Crippen LogP contribution < -0.4 is 5.73 Å². The zero-order valence-corrected chi connectivity index (χ0v) is 11.8. The van der Waals surface area contributed by atoms with Gasteiger partial charge in [-0.3, -0.25) is 0 Å². The van der Waals surface area contributed by atoms with Gasteiger partial charge >= 0.3 is 0 Å². The number of nitrogens with zero attached hydrogens (tertiary/aromatic N) is 4. The summed E-state index contributed by atoms with van der Waals surface area (Å²) in [7, 11) is 0. The van der Waals surface area contributed by atoms with Crippen LogP contribution >= 0.6 is 0 Å². The highest BCUT2D eigenvalue weighted by Gasteiger charge is 2.13. The van der Waals surface area contributed by atoms with Crippen molar-refractivity contribution in [2.45, 2.75) is 19.4 Å². The van der Waals surface area contributed by atoms with Gasteiger partial charge in [0.05, 0.1) is 5.69 Å². The Bertz CT molecular complexity index is 720. The van der Waals surface area contributed by atoms with Crippen molar-refractivity contribution in [1.82, 2.24) is 20.2 Å². The van der Waals surface area contributed by atoms with Crippen LogP contribution in [0.15, 0.2) is 54.6 Å². The predicted molar refractivity (Wildman–Crippen MR) is 81.8 cm³/mol. The fourth-order valence-corrected chi connectivity index (χ4v) is 2.22. The van der Waals surface area contributed by atoms with Gasteiger partial charge in [-0.15, -0.1) is 15.0 Å². The summed E-state index contributed by atoms with van der Waals surface area (Å²) in [5.41, 5.74) is 9.01. The van der Waals surface area contributed by atoms with Crippen molar-refractivity contribution in [2.24, 2.45) is 5.73 Å². The predicted octanol–water partition coefficient (Wildman–Crippen LogP) is 2.74. The number of rotatable bonds is 4. The number of benzene rings is 2. The van der Waals surface area contributed by atoms with Gasteiger partial charge in [-0.1, -0.05) is 55.5 Å². The van der Waals surface area contributed by atoms with Crippen molar-refractivity contribution in [3.8, 4) is 17.1 Å². The lowest BCUT2D eigenvalue weighted by Crippen LogP contribution is -2.13. The lowest BCUT2D eigenvalue weighted by Gasteiger charge is -2.13. The van der Waals surface area contributed by atoms with E-state index >= 15 is 0 Å². The molecule has 0 aliphatic rings. The molecule has 2 aromatic carbocycles. The molecule has 0 amide bonds. The fourth-order valence-electron chi connectivity index (χ4n) is 2.22. The van der Waals surface area contributed by atoms with Crippen molar-refractivity contribution < 1.29 is 0 Å². The molecular weight excluding hydrogens is 262 g/mol. The van der Waals surface area contributed by atoms with E-state index in [1.54, 1.807) is 4.80 Å². The number of hydrogen-bond acceptors (Lipinski definition) is 4. The molecule has 1 aromatic heterocycles. The Hall–Kier alpha value is -2.53. The molecule has 0 bridgehead atoms. The molecule has 3 rings (SSSR count). The minimum atomic E-state index is -0.0348. The first-order chi connectivity index (χ1) is 10.3. The molecule has 2 N–H and O–H groups in total. The minimum Gasteiger partial charge on any atom is -0.324 e. The van der Waals surface area contributed by atoms with Gasteiger partial charge in [-0.05, 0) is 23.3 Å². The molecule has 0 fully saturated rings. The average molecular weight is 279 g/mol. The van der Waals surface area contributed by atoms with E-state index in [-0.39, 0.29) is 6.04 Å². The molecule has 0 aliphatic carbocycles. The van der Waals surface area contributed by atoms with Crippen LogP contribution in [0.25, 0.3) is 17.1 Å². The third-order valence-electron chi connectivity index (χ3n) is 3.44. The van der Waals surface area contributed by atoms with Crippen LogP contribution in [0.3, 0.4) is 0 Å². The molecule has 0 radical (unpaired) electrons. The summed E-state index contributed by atoms with van der Waals surface area (Å²) in [5, 5.41) is 12.8. The Morgan fingerprint density at radius 2 is 1.76 bits per heavy atom. The number of hydrogen-bond donors (Lipinski definition) is 1. The van der Waals surface area contributed by atoms with Crippen LogP contribution in [-0.4, -0.2) is 20.2 Å². The van der Waals surface area contributed by atoms with Crippen molar-refractivity contribution in [2.75, 3.05) is 0 Å². The molecule has 5 nitrogen and oxygen atoms in total. The van der Waals surface area contributed by atoms with E-state index in [1.165, 1.54) is 0 Å². The summed E-state index contributed by atoms with van der Waals surface area (Å²) in [6, 6.07) is 17.7. The van der Waals surface area contributed by atoms with Crippen LogP contribution in [0.2, 0.25) is 0 Å². The summed E-state index contributed by atoms with van der Waals surface area (Å²) in [4.78, 5) is 1.55. The summed E-state index contributed by atoms with van der Waals surface area (Å²) in [6.07, 6.45) is 0.858. The number of nitrogens with two attached hydrogens (primary N) is 1. The van der Waals surface area contributed by atoms with Gasteiger partial charge in [0.2, 0.25) is 5.82 Å². The van der Waals surface area contributed by atoms with E-state index in [2.05, 4.69) is 22.3 Å². The first kappa shape index (κ1) is 13.5. The average Bonchev–Trinajstić information content (AvgIpc) is 3.05. The largest absolute Gasteiger partial charge is 0.324 e. The smallest absolute Gasteiger partial charge is 0.205 e. The van der Waals surface area contributed by atoms with Crippen molar-refractivity contribution in [1.29, 1.82) is 0 Å². The molecule has 0 spiro atoms. The molecular formula is C16H17N5. The third kappa shape index (κ3) is 2.68. The van der Waals surface area contributed by atoms with Crippen molar-refractivity contribution in [3.05, 3.63) is 60.2 Å². The molecule has 1 heterocycles. The van der Waals surface area contributed by atoms with Crippen molar-refractivity contribution >= 4 is 0 Å². The topological polar surface area (TPSA) is 69.6 Å². The maximum Gasteiger partial charge on any atom is 0.205 e. The molecule has 1 atom stereocenters. The Morgan fingerprint density at radius 1 is 1.05 bits per heavy atom. The first-order valence-corrected chi connectivity index (χ1v) is 7.00. The molecule has 3 aromatic rings. The second-order valence-electron chi connectivity index (χ2n) is 4.84. The number of para-hydroxylation sites is 1. The van der Waals surface area contributed by atoms with Crippen LogP contribution in [0.1, 0.15) is 24.9 Å². The van der Waals surface area contributed by atoms with Gasteiger partial charge in [0.25, 0.3) is 0 Å². The molecule has 0 unspecified atom stereocenters. The molecule has 5 heteroatoms. The summed E-state index contributed by atoms with van der Waals surface area (Å²) in [5.74, 6) is 0.607. The Labute approximate surface area is 123 Å². The SMILES string of the molecule is CC[C@H](N)c1ccccc1-n1nnc(-c2ccccc2)n1. The van der Waals surface area contributed by atoms with Crippen LogP contribution in [0.5, 0.6) is 0 Å². The normalized spacial score (nSPS) is 12.3. The van der Waals surface area contributed by atoms with E-state index in [9.17, 15) is 0 Å². The minimum absolute atomic E-state index is 0.0348. The lowest BCUT2D eigenvalue weighted by molar-refractivity contribution is 0.660. The summed E-state index contributed by atoms with van der Waals surface area (Å²) in [6.45, 7) is 2.06. The van der Waals surface area contributed by atoms with Crippen LogP contribution in [0.4, 0.5) is 0 Å². The van der Waals surface area contributed by atoms with E-state index in [0.717, 1.165) is 23.2 Å². The Balaban J connectivity index is 2.01. The molecule has 0 saturated carbocycles. The highest BCUT2D eigenvalue weighted by Crippen LogP contribution is 2.22. The number of tetrazole rings is 1. The highest BCUT2D eigenvalue weighted by atomic mass is 15.6. The van der Waals surface area contributed by atoms with Gasteiger partial charge in [0, 0.05) is 11.6 Å². The van der Waals surface area contributed by atoms with Gasteiger partial charge in [-0.2, -0.15) is 0 Å². The zero-order valence-electron chi connectivity index (χ0n) is 11.8. The maximum atomic E-state index is 6.16. The standard InChI is InChI=1S/C16H17N5/c1-2-14(17)13-10-6-7-11-15(13)21-19-16(18-20-21)12-8-4-3-5-9-12/h3-11,14H,2,17H2,1H3/t14-/m0/s1. The maximum absolute atomic E-state index is 6.16. The molecule has 21 heavy (non-hydrogen) atoms. The van der Waals surface area contributed by atoms with Crippen LogP contribution in [0, 0.1) is 0 Å².